The van der Waals surface area contributed by atoms with Crippen molar-refractivity contribution in [2.45, 2.75) is 18.1 Å². The number of nitrogens with zero attached hydrogens (tertiary/aromatic N) is 6. The number of anilines is 1. The Morgan fingerprint density at radius 1 is 1.19 bits per heavy atom. The number of aromatic nitrogens is 6. The molecule has 0 atom stereocenters. The van der Waals surface area contributed by atoms with Crippen LogP contribution in [-0.2, 0) is 13.0 Å². The first kappa shape index (κ1) is 17.6. The number of hydrogen-bond acceptors (Lipinski definition) is 5. The smallest absolute Gasteiger partial charge is 0.238 e. The summed E-state index contributed by atoms with van der Waals surface area (Å²) in [6.45, 7) is -0.391. The molecule has 0 saturated carbocycles. The van der Waals surface area contributed by atoms with Crippen LogP contribution < -0.4 is 5.73 Å². The van der Waals surface area contributed by atoms with Crippen LogP contribution in [0, 0.1) is 0 Å². The van der Waals surface area contributed by atoms with E-state index in [0.717, 1.165) is 16.6 Å². The summed E-state index contributed by atoms with van der Waals surface area (Å²) >= 11 is 0. The molecule has 0 spiro atoms. The zero-order valence-electron chi connectivity index (χ0n) is 14.4. The molecule has 2 N–H and O–H groups in total. The zero-order valence-corrected chi connectivity index (χ0v) is 14.4. The number of benzene rings is 1. The first-order chi connectivity index (χ1) is 12.9. The maximum absolute atomic E-state index is 12.8. The summed E-state index contributed by atoms with van der Waals surface area (Å²) in [5.74, 6) is 0.0876. The van der Waals surface area contributed by atoms with Crippen molar-refractivity contribution in [1.29, 1.82) is 0 Å². The lowest BCUT2D eigenvalue weighted by Crippen LogP contribution is -2.18. The van der Waals surface area contributed by atoms with E-state index in [2.05, 4.69) is 20.4 Å². The van der Waals surface area contributed by atoms with E-state index in [0.29, 0.717) is 16.7 Å². The van der Waals surface area contributed by atoms with Crippen LogP contribution in [0.2, 0.25) is 5.11 Å². The minimum atomic E-state index is -1.45. The van der Waals surface area contributed by atoms with Crippen LogP contribution in [0.4, 0.5) is 10.3 Å². The molecule has 11 heteroatoms. The lowest BCUT2D eigenvalue weighted by molar-refractivity contribution is 0.428. The molecule has 0 amide bonds. The quantitative estimate of drug-likeness (QED) is 0.536. The fourth-order valence-electron chi connectivity index (χ4n) is 3.14. The van der Waals surface area contributed by atoms with Crippen LogP contribution in [-0.4, -0.2) is 59.8 Å². The van der Waals surface area contributed by atoms with Crippen molar-refractivity contribution >= 4 is 46.0 Å². The van der Waals surface area contributed by atoms with E-state index >= 15 is 0 Å². The average molecular weight is 355 g/mol. The van der Waals surface area contributed by atoms with Crippen molar-refractivity contribution < 1.29 is 4.39 Å². The van der Waals surface area contributed by atoms with Gasteiger partial charge >= 0.3 is 0 Å². The molecule has 0 aliphatic rings. The number of hydrogen-bond donors (Lipinski definition) is 1. The zero-order chi connectivity index (χ0) is 19.2. The Kier molecular flexibility index (Phi) is 4.17. The number of nitrogens with two attached hydrogens (primary N) is 1. The third-order valence-electron chi connectivity index (χ3n) is 4.19. The molecule has 27 heavy (non-hydrogen) atoms. The predicted octanol–water partition coefficient (Wildman–Crippen LogP) is 0.814. The fourth-order valence-corrected chi connectivity index (χ4v) is 3.14. The van der Waals surface area contributed by atoms with Gasteiger partial charge in [-0.2, -0.15) is 0 Å². The molecule has 3 heterocycles. The van der Waals surface area contributed by atoms with Crippen LogP contribution in [0.1, 0.15) is 5.69 Å². The van der Waals surface area contributed by atoms with Crippen LogP contribution in [0.5, 0.6) is 0 Å². The summed E-state index contributed by atoms with van der Waals surface area (Å²) in [4.78, 5) is 4.27. The molecule has 4 aromatic rings. The molecule has 1 aromatic carbocycles. The highest BCUT2D eigenvalue weighted by molar-refractivity contribution is 6.59. The number of rotatable bonds is 5. The molecule has 0 bridgehead atoms. The van der Waals surface area contributed by atoms with Gasteiger partial charge in [0.25, 0.3) is 0 Å². The molecule has 0 unspecified atom stereocenters. The number of alkyl halides is 1. The molecule has 3 aromatic heterocycles. The largest absolute Gasteiger partial charge is 0.367 e. The van der Waals surface area contributed by atoms with Crippen molar-refractivity contribution in [3.63, 3.8) is 0 Å². The Hall–Kier alpha value is -2.84. The maximum atomic E-state index is 12.8. The van der Waals surface area contributed by atoms with Gasteiger partial charge in [-0.25, -0.2) is 18.6 Å². The first-order valence-electron chi connectivity index (χ1n) is 8.26. The minimum Gasteiger partial charge on any atom is -0.367 e. The molecular formula is C16H13B3FN7. The predicted molar refractivity (Wildman–Crippen MR) is 104 cm³/mol. The molecule has 0 saturated heterocycles. The van der Waals surface area contributed by atoms with E-state index in [1.54, 1.807) is 10.7 Å². The van der Waals surface area contributed by atoms with Crippen molar-refractivity contribution in [3.05, 3.63) is 36.2 Å². The van der Waals surface area contributed by atoms with Gasteiger partial charge in [-0.3, -0.25) is 0 Å². The van der Waals surface area contributed by atoms with Gasteiger partial charge in [0.15, 0.2) is 0 Å². The highest BCUT2D eigenvalue weighted by Gasteiger charge is 2.19. The summed E-state index contributed by atoms with van der Waals surface area (Å²) in [5, 5.41) is 10.8. The van der Waals surface area contributed by atoms with Crippen molar-refractivity contribution in [3.8, 4) is 11.1 Å². The standard InChI is InChI=1S/C16H13B3FN7/c17-16(18,19)8-12-14-10(3-5-27(14)24-15(21)22-12)9-1-2-11-13(7-9)26(6-4-20)25-23-11/h1-3,5,7H,4,6,8H2,(H2,21,24). The van der Waals surface area contributed by atoms with E-state index in [4.69, 9.17) is 29.3 Å². The SMILES string of the molecule is [B]C([B])([B])Cc1nc(N)nn2ccc(-c3ccc4nnn(CCF)c4c3)c12. The van der Waals surface area contributed by atoms with Gasteiger partial charge in [0.1, 0.15) is 12.2 Å². The second kappa shape index (κ2) is 6.40. The molecule has 4 rings (SSSR count). The van der Waals surface area contributed by atoms with Gasteiger partial charge in [0.2, 0.25) is 5.95 Å². The lowest BCUT2D eigenvalue weighted by atomic mass is 9.41. The maximum Gasteiger partial charge on any atom is 0.238 e. The van der Waals surface area contributed by atoms with E-state index in [9.17, 15) is 4.39 Å². The van der Waals surface area contributed by atoms with Crippen molar-refractivity contribution in [1.82, 2.24) is 29.6 Å². The Balaban J connectivity index is 1.91. The summed E-state index contributed by atoms with van der Waals surface area (Å²) < 4.78 is 15.9. The normalized spacial score (nSPS) is 12.2. The van der Waals surface area contributed by atoms with Crippen molar-refractivity contribution in [2.24, 2.45) is 0 Å². The molecule has 128 valence electrons. The van der Waals surface area contributed by atoms with Crippen LogP contribution in [0.25, 0.3) is 27.7 Å². The second-order valence-corrected chi connectivity index (χ2v) is 6.43. The highest BCUT2D eigenvalue weighted by Crippen LogP contribution is 2.31. The number of halogens is 1. The Labute approximate surface area is 158 Å². The topological polar surface area (TPSA) is 86.9 Å². The average Bonchev–Trinajstić information content (AvgIpc) is 3.17. The Morgan fingerprint density at radius 2 is 2.00 bits per heavy atom. The Bertz CT molecular complexity index is 1130. The highest BCUT2D eigenvalue weighted by atomic mass is 19.1. The molecule has 0 aliphatic heterocycles. The summed E-state index contributed by atoms with van der Waals surface area (Å²) in [5.41, 5.74) is 10.1. The van der Waals surface area contributed by atoms with Crippen molar-refractivity contribution in [2.75, 3.05) is 12.4 Å². The summed E-state index contributed by atoms with van der Waals surface area (Å²) in [6, 6.07) is 7.49. The number of nitrogen functional groups attached to an aromatic ring is 1. The molecule has 6 radical (unpaired) electrons. The molecular weight excluding hydrogens is 342 g/mol. The van der Waals surface area contributed by atoms with Gasteiger partial charge in [0.05, 0.1) is 46.8 Å². The molecule has 0 fully saturated rings. The molecule has 7 nitrogen and oxygen atoms in total. The van der Waals surface area contributed by atoms with E-state index in [1.165, 1.54) is 4.68 Å². The van der Waals surface area contributed by atoms with E-state index in [1.807, 2.05) is 24.3 Å². The fraction of sp³-hybridized carbons (Fsp3) is 0.250. The van der Waals surface area contributed by atoms with Crippen LogP contribution in [0.3, 0.4) is 0 Å². The monoisotopic (exact) mass is 355 g/mol. The Morgan fingerprint density at radius 3 is 2.74 bits per heavy atom. The third-order valence-corrected chi connectivity index (χ3v) is 4.19. The summed E-state index contributed by atoms with van der Waals surface area (Å²) in [7, 11) is 17.3. The minimum absolute atomic E-state index is 0.0876. The lowest BCUT2D eigenvalue weighted by Gasteiger charge is -2.19. The molecule has 0 aliphatic carbocycles. The van der Waals surface area contributed by atoms with E-state index in [-0.39, 0.29) is 18.9 Å². The van der Waals surface area contributed by atoms with E-state index < -0.39 is 11.8 Å². The van der Waals surface area contributed by atoms with Gasteiger partial charge in [-0.1, -0.05) is 11.3 Å². The summed E-state index contributed by atoms with van der Waals surface area (Å²) in [6.07, 6.45) is 1.86. The number of fused-ring (bicyclic) bond motifs is 2. The third kappa shape index (κ3) is 3.29. The van der Waals surface area contributed by atoms with Gasteiger partial charge in [-0.05, 0) is 30.2 Å². The van der Waals surface area contributed by atoms with Gasteiger partial charge in [-0.15, -0.1) is 15.3 Å². The second-order valence-electron chi connectivity index (χ2n) is 6.43. The van der Waals surface area contributed by atoms with Crippen LogP contribution >= 0.6 is 0 Å². The van der Waals surface area contributed by atoms with Crippen LogP contribution in [0.15, 0.2) is 30.5 Å². The van der Waals surface area contributed by atoms with Gasteiger partial charge in [0, 0.05) is 11.8 Å². The van der Waals surface area contributed by atoms with Gasteiger partial charge < -0.3 is 5.73 Å². The number of aryl methyl sites for hydroxylation is 1. The first-order valence-corrected chi connectivity index (χ1v) is 8.26.